The average molecular weight is 518 g/mol. The van der Waals surface area contributed by atoms with Gasteiger partial charge in [0.25, 0.3) is 11.8 Å². The van der Waals surface area contributed by atoms with Gasteiger partial charge in [0, 0.05) is 5.69 Å². The lowest BCUT2D eigenvalue weighted by molar-refractivity contribution is -0.118. The number of carbonyl (C=O) groups excluding carboxylic acids is 2. The SMILES string of the molecule is CCOc1cc(/C=C2/SC(=S)NC2=O)cc(Cl)c1OCC(=O)Nc1ccc(Cl)c(Cl)c1. The lowest BCUT2D eigenvalue weighted by Crippen LogP contribution is -2.20. The topological polar surface area (TPSA) is 76.7 Å². The van der Waals surface area contributed by atoms with Crippen LogP contribution in [-0.2, 0) is 9.59 Å². The molecule has 0 aliphatic carbocycles. The van der Waals surface area contributed by atoms with E-state index in [1.807, 2.05) is 0 Å². The zero-order valence-corrected chi connectivity index (χ0v) is 19.9. The van der Waals surface area contributed by atoms with Crippen molar-refractivity contribution in [2.45, 2.75) is 6.92 Å². The van der Waals surface area contributed by atoms with Crippen LogP contribution in [0.1, 0.15) is 12.5 Å². The first-order valence-corrected chi connectivity index (χ1v) is 11.2. The van der Waals surface area contributed by atoms with E-state index in [1.165, 1.54) is 6.07 Å². The summed E-state index contributed by atoms with van der Waals surface area (Å²) >= 11 is 24.3. The molecular weight excluding hydrogens is 503 g/mol. The number of nitrogens with one attached hydrogen (secondary N) is 2. The maximum atomic E-state index is 12.3. The number of thioether (sulfide) groups is 1. The summed E-state index contributed by atoms with van der Waals surface area (Å²) in [5.74, 6) is -0.136. The second kappa shape index (κ2) is 10.6. The van der Waals surface area contributed by atoms with Crippen molar-refractivity contribution in [3.05, 3.63) is 55.9 Å². The zero-order chi connectivity index (χ0) is 22.5. The minimum absolute atomic E-state index is 0.217. The number of benzene rings is 2. The summed E-state index contributed by atoms with van der Waals surface area (Å²) < 4.78 is 11.6. The molecule has 0 unspecified atom stereocenters. The summed E-state index contributed by atoms with van der Waals surface area (Å²) in [5.41, 5.74) is 1.11. The fourth-order valence-corrected chi connectivity index (χ4v) is 4.17. The molecule has 1 aliphatic rings. The number of halogens is 3. The number of thiocarbonyl (C=S) groups is 1. The molecule has 0 aromatic heterocycles. The number of anilines is 1. The molecule has 0 radical (unpaired) electrons. The molecule has 0 saturated carbocycles. The van der Waals surface area contributed by atoms with Gasteiger partial charge in [-0.15, -0.1) is 0 Å². The van der Waals surface area contributed by atoms with Gasteiger partial charge < -0.3 is 20.1 Å². The van der Waals surface area contributed by atoms with E-state index in [-0.39, 0.29) is 23.3 Å². The maximum absolute atomic E-state index is 12.3. The first-order chi connectivity index (χ1) is 14.8. The Balaban J connectivity index is 1.75. The fraction of sp³-hybridized carbons (Fsp3) is 0.150. The Bertz CT molecular complexity index is 1090. The Kier molecular flexibility index (Phi) is 8.07. The van der Waals surface area contributed by atoms with Crippen molar-refractivity contribution in [2.24, 2.45) is 0 Å². The van der Waals surface area contributed by atoms with E-state index in [0.29, 0.717) is 42.9 Å². The molecule has 1 fully saturated rings. The fourth-order valence-electron chi connectivity index (χ4n) is 2.56. The zero-order valence-electron chi connectivity index (χ0n) is 16.0. The van der Waals surface area contributed by atoms with Gasteiger partial charge in [-0.1, -0.05) is 58.8 Å². The molecule has 1 heterocycles. The molecule has 2 N–H and O–H groups in total. The van der Waals surface area contributed by atoms with Crippen molar-refractivity contribution >= 4 is 86.7 Å². The molecular formula is C20H15Cl3N2O4S2. The molecule has 2 amide bonds. The predicted molar refractivity (Wildman–Crippen MR) is 130 cm³/mol. The second-order valence-corrected chi connectivity index (χ2v) is 9.02. The highest BCUT2D eigenvalue weighted by molar-refractivity contribution is 8.26. The van der Waals surface area contributed by atoms with Crippen LogP contribution >= 0.6 is 58.8 Å². The molecule has 2 aromatic rings. The minimum Gasteiger partial charge on any atom is -0.490 e. The van der Waals surface area contributed by atoms with Gasteiger partial charge in [-0.3, -0.25) is 9.59 Å². The Hall–Kier alpha value is -1.97. The highest BCUT2D eigenvalue weighted by Crippen LogP contribution is 2.38. The van der Waals surface area contributed by atoms with Crippen LogP contribution in [0, 0.1) is 0 Å². The summed E-state index contributed by atoms with van der Waals surface area (Å²) in [5, 5.41) is 6.14. The van der Waals surface area contributed by atoms with Gasteiger partial charge >= 0.3 is 0 Å². The molecule has 162 valence electrons. The highest BCUT2D eigenvalue weighted by Gasteiger charge is 2.22. The van der Waals surface area contributed by atoms with Crippen molar-refractivity contribution in [1.29, 1.82) is 0 Å². The summed E-state index contributed by atoms with van der Waals surface area (Å²) in [6.45, 7) is 1.84. The molecule has 11 heteroatoms. The standard InChI is InChI=1S/C20H15Cl3N2O4S2/c1-2-28-15-6-10(7-16-19(27)25-20(30)31-16)5-14(23)18(15)29-9-17(26)24-11-3-4-12(21)13(22)8-11/h3-8H,2,9H2,1H3,(H,24,26)(H,25,27,30)/b16-7+. The summed E-state index contributed by atoms with van der Waals surface area (Å²) in [4.78, 5) is 24.6. The minimum atomic E-state index is -0.421. The van der Waals surface area contributed by atoms with Crippen molar-refractivity contribution in [2.75, 3.05) is 18.5 Å². The van der Waals surface area contributed by atoms with E-state index < -0.39 is 5.91 Å². The third kappa shape index (κ3) is 6.27. The molecule has 0 spiro atoms. The molecule has 0 bridgehead atoms. The molecule has 2 aromatic carbocycles. The van der Waals surface area contributed by atoms with Crippen LogP contribution in [0.25, 0.3) is 6.08 Å². The monoisotopic (exact) mass is 516 g/mol. The van der Waals surface area contributed by atoms with E-state index in [0.717, 1.165) is 11.8 Å². The number of rotatable bonds is 7. The maximum Gasteiger partial charge on any atom is 0.263 e. The average Bonchev–Trinajstić information content (AvgIpc) is 3.01. The molecule has 31 heavy (non-hydrogen) atoms. The lowest BCUT2D eigenvalue weighted by Gasteiger charge is -2.14. The van der Waals surface area contributed by atoms with Gasteiger partial charge in [-0.25, -0.2) is 0 Å². The number of carbonyl (C=O) groups is 2. The number of ether oxygens (including phenoxy) is 2. The van der Waals surface area contributed by atoms with Crippen molar-refractivity contribution in [3.63, 3.8) is 0 Å². The van der Waals surface area contributed by atoms with Crippen LogP contribution in [0.15, 0.2) is 35.2 Å². The normalized spacial score (nSPS) is 14.5. The molecule has 0 atom stereocenters. The van der Waals surface area contributed by atoms with E-state index in [9.17, 15) is 9.59 Å². The van der Waals surface area contributed by atoms with Crippen LogP contribution < -0.4 is 20.1 Å². The largest absolute Gasteiger partial charge is 0.490 e. The van der Waals surface area contributed by atoms with Crippen LogP contribution in [-0.4, -0.2) is 29.3 Å². The van der Waals surface area contributed by atoms with Crippen LogP contribution in [0.5, 0.6) is 11.5 Å². The van der Waals surface area contributed by atoms with Crippen LogP contribution in [0.3, 0.4) is 0 Å². The van der Waals surface area contributed by atoms with Gasteiger partial charge in [0.1, 0.15) is 4.32 Å². The van der Waals surface area contributed by atoms with Crippen molar-refractivity contribution in [1.82, 2.24) is 5.32 Å². The van der Waals surface area contributed by atoms with Crippen LogP contribution in [0.2, 0.25) is 15.1 Å². The van der Waals surface area contributed by atoms with E-state index >= 15 is 0 Å². The number of hydrogen-bond acceptors (Lipinski definition) is 6. The first-order valence-electron chi connectivity index (χ1n) is 8.85. The quantitative estimate of drug-likeness (QED) is 0.370. The third-order valence-corrected chi connectivity index (χ3v) is 6.00. The highest BCUT2D eigenvalue weighted by atomic mass is 35.5. The van der Waals surface area contributed by atoms with E-state index in [2.05, 4.69) is 10.6 Å². The Morgan fingerprint density at radius 3 is 2.58 bits per heavy atom. The van der Waals surface area contributed by atoms with Gasteiger partial charge in [-0.05, 0) is 48.9 Å². The molecule has 1 saturated heterocycles. The lowest BCUT2D eigenvalue weighted by atomic mass is 10.2. The third-order valence-electron chi connectivity index (χ3n) is 3.82. The van der Waals surface area contributed by atoms with Gasteiger partial charge in [0.05, 0.1) is 26.6 Å². The number of hydrogen-bond donors (Lipinski definition) is 2. The first kappa shape index (κ1) is 23.7. The summed E-state index contributed by atoms with van der Waals surface area (Å²) in [6, 6.07) is 8.01. The van der Waals surface area contributed by atoms with Gasteiger partial charge in [0.15, 0.2) is 18.1 Å². The molecule has 6 nitrogen and oxygen atoms in total. The van der Waals surface area contributed by atoms with E-state index in [1.54, 1.807) is 37.3 Å². The molecule has 3 rings (SSSR count). The summed E-state index contributed by atoms with van der Waals surface area (Å²) in [7, 11) is 0. The van der Waals surface area contributed by atoms with Crippen molar-refractivity contribution < 1.29 is 19.1 Å². The van der Waals surface area contributed by atoms with Gasteiger partial charge in [0.2, 0.25) is 0 Å². The van der Waals surface area contributed by atoms with Crippen molar-refractivity contribution in [3.8, 4) is 11.5 Å². The van der Waals surface area contributed by atoms with Gasteiger partial charge in [-0.2, -0.15) is 0 Å². The predicted octanol–water partition coefficient (Wildman–Crippen LogP) is 5.55. The second-order valence-electron chi connectivity index (χ2n) is 6.08. The smallest absolute Gasteiger partial charge is 0.263 e. The Morgan fingerprint density at radius 2 is 1.94 bits per heavy atom. The summed E-state index contributed by atoms with van der Waals surface area (Å²) in [6.07, 6.45) is 1.65. The Morgan fingerprint density at radius 1 is 1.16 bits per heavy atom. The Labute approximate surface area is 203 Å². The van der Waals surface area contributed by atoms with E-state index in [4.69, 9.17) is 56.5 Å². The number of amides is 2. The van der Waals surface area contributed by atoms with Crippen LogP contribution in [0.4, 0.5) is 5.69 Å². The molecule has 1 aliphatic heterocycles.